The third kappa shape index (κ3) is 3.73. The van der Waals surface area contributed by atoms with Crippen LogP contribution in [-0.4, -0.2) is 44.2 Å². The van der Waals surface area contributed by atoms with Gasteiger partial charge in [-0.3, -0.25) is 4.90 Å². The Hall–Kier alpha value is -1.84. The monoisotopic (exact) mass is 336 g/mol. The zero-order valence-corrected chi connectivity index (χ0v) is 15.2. The standard InChI is InChI=1S/C22H28N2O/c1-18-6-2-5-9-21(18)24-15-13-23(14-16-24)12-10-22-20-8-4-3-7-19(20)11-17-25-22/h2-9,22H,10-17H2,1H3. The lowest BCUT2D eigenvalue weighted by atomic mass is 9.95. The van der Waals surface area contributed by atoms with Crippen LogP contribution in [0.2, 0.25) is 0 Å². The molecule has 2 heterocycles. The zero-order valence-electron chi connectivity index (χ0n) is 15.2. The number of benzene rings is 2. The van der Waals surface area contributed by atoms with Gasteiger partial charge in [-0.1, -0.05) is 42.5 Å². The van der Waals surface area contributed by atoms with Gasteiger partial charge in [0.15, 0.2) is 0 Å². The molecule has 2 aliphatic rings. The molecule has 0 amide bonds. The van der Waals surface area contributed by atoms with Crippen LogP contribution in [0.1, 0.15) is 29.2 Å². The fourth-order valence-corrected chi connectivity index (χ4v) is 4.15. The molecule has 3 nitrogen and oxygen atoms in total. The Morgan fingerprint density at radius 1 is 0.960 bits per heavy atom. The molecule has 1 unspecified atom stereocenters. The normalized spacial score (nSPS) is 21.2. The molecule has 132 valence electrons. The minimum atomic E-state index is 0.277. The van der Waals surface area contributed by atoms with E-state index in [9.17, 15) is 0 Å². The Kier molecular flexibility index (Phi) is 5.04. The second-order valence-electron chi connectivity index (χ2n) is 7.21. The molecule has 0 aromatic heterocycles. The first-order valence-electron chi connectivity index (χ1n) is 9.53. The van der Waals surface area contributed by atoms with Crippen LogP contribution >= 0.6 is 0 Å². The molecule has 2 aromatic rings. The van der Waals surface area contributed by atoms with Crippen LogP contribution in [0, 0.1) is 6.92 Å². The first-order valence-corrected chi connectivity index (χ1v) is 9.53. The van der Waals surface area contributed by atoms with Gasteiger partial charge >= 0.3 is 0 Å². The summed E-state index contributed by atoms with van der Waals surface area (Å²) in [7, 11) is 0. The number of hydrogen-bond acceptors (Lipinski definition) is 3. The highest BCUT2D eigenvalue weighted by Crippen LogP contribution is 2.30. The second kappa shape index (κ2) is 7.59. The summed E-state index contributed by atoms with van der Waals surface area (Å²) in [5.41, 5.74) is 5.66. The maximum Gasteiger partial charge on any atom is 0.0839 e. The molecule has 1 saturated heterocycles. The van der Waals surface area contributed by atoms with Gasteiger partial charge in [0, 0.05) is 38.4 Å². The van der Waals surface area contributed by atoms with E-state index in [2.05, 4.69) is 65.3 Å². The number of para-hydroxylation sites is 1. The van der Waals surface area contributed by atoms with Crippen molar-refractivity contribution in [3.05, 3.63) is 65.2 Å². The van der Waals surface area contributed by atoms with Gasteiger partial charge < -0.3 is 9.64 Å². The molecular formula is C22H28N2O. The van der Waals surface area contributed by atoms with Crippen LogP contribution in [0.5, 0.6) is 0 Å². The van der Waals surface area contributed by atoms with Crippen LogP contribution in [0.15, 0.2) is 48.5 Å². The van der Waals surface area contributed by atoms with Gasteiger partial charge in [-0.25, -0.2) is 0 Å². The molecule has 0 aliphatic carbocycles. The molecule has 0 spiro atoms. The molecule has 3 heteroatoms. The SMILES string of the molecule is Cc1ccccc1N1CCN(CCC2OCCc3ccccc32)CC1. The average molecular weight is 336 g/mol. The summed E-state index contributed by atoms with van der Waals surface area (Å²) in [5.74, 6) is 0. The number of nitrogens with zero attached hydrogens (tertiary/aromatic N) is 2. The summed E-state index contributed by atoms with van der Waals surface area (Å²) in [6, 6.07) is 17.5. The van der Waals surface area contributed by atoms with Crippen LogP contribution < -0.4 is 4.90 Å². The summed E-state index contributed by atoms with van der Waals surface area (Å²) in [6.45, 7) is 8.72. The van der Waals surface area contributed by atoms with Crippen molar-refractivity contribution < 1.29 is 4.74 Å². The molecule has 4 rings (SSSR count). The van der Waals surface area contributed by atoms with Crippen molar-refractivity contribution in [2.45, 2.75) is 25.9 Å². The molecule has 0 saturated carbocycles. The van der Waals surface area contributed by atoms with Crippen molar-refractivity contribution in [2.24, 2.45) is 0 Å². The Morgan fingerprint density at radius 3 is 2.56 bits per heavy atom. The van der Waals surface area contributed by atoms with Gasteiger partial charge in [0.25, 0.3) is 0 Å². The average Bonchev–Trinajstić information content (AvgIpc) is 2.67. The lowest BCUT2D eigenvalue weighted by molar-refractivity contribution is 0.0289. The molecule has 2 aliphatic heterocycles. The quantitative estimate of drug-likeness (QED) is 0.844. The Morgan fingerprint density at radius 2 is 1.72 bits per heavy atom. The van der Waals surface area contributed by atoms with Crippen molar-refractivity contribution in [2.75, 3.05) is 44.2 Å². The predicted octanol–water partition coefficient (Wildman–Crippen LogP) is 3.82. The van der Waals surface area contributed by atoms with Gasteiger partial charge in [-0.15, -0.1) is 0 Å². The highest BCUT2D eigenvalue weighted by Gasteiger charge is 2.23. The van der Waals surface area contributed by atoms with E-state index in [1.165, 1.54) is 22.4 Å². The van der Waals surface area contributed by atoms with Crippen LogP contribution in [-0.2, 0) is 11.2 Å². The second-order valence-corrected chi connectivity index (χ2v) is 7.21. The van der Waals surface area contributed by atoms with Gasteiger partial charge in [0.2, 0.25) is 0 Å². The molecule has 0 bridgehead atoms. The van der Waals surface area contributed by atoms with E-state index in [1.807, 2.05) is 0 Å². The lowest BCUT2D eigenvalue weighted by Crippen LogP contribution is -2.47. The van der Waals surface area contributed by atoms with Gasteiger partial charge in [0.1, 0.15) is 0 Å². The first kappa shape index (κ1) is 16.6. The number of ether oxygens (including phenoxy) is 1. The minimum absolute atomic E-state index is 0.277. The lowest BCUT2D eigenvalue weighted by Gasteiger charge is -2.37. The van der Waals surface area contributed by atoms with Crippen molar-refractivity contribution in [1.82, 2.24) is 4.90 Å². The first-order chi connectivity index (χ1) is 12.3. The van der Waals surface area contributed by atoms with E-state index in [-0.39, 0.29) is 6.10 Å². The number of fused-ring (bicyclic) bond motifs is 1. The van der Waals surface area contributed by atoms with Crippen LogP contribution in [0.4, 0.5) is 5.69 Å². The topological polar surface area (TPSA) is 15.7 Å². The van der Waals surface area contributed by atoms with Gasteiger partial charge in [-0.05, 0) is 42.5 Å². The third-order valence-corrected chi connectivity index (χ3v) is 5.63. The fraction of sp³-hybridized carbons (Fsp3) is 0.455. The van der Waals surface area contributed by atoms with Crippen molar-refractivity contribution in [1.29, 1.82) is 0 Å². The van der Waals surface area contributed by atoms with E-state index >= 15 is 0 Å². The number of anilines is 1. The summed E-state index contributed by atoms with van der Waals surface area (Å²) in [4.78, 5) is 5.12. The fourth-order valence-electron chi connectivity index (χ4n) is 4.15. The third-order valence-electron chi connectivity index (χ3n) is 5.63. The number of hydrogen-bond donors (Lipinski definition) is 0. The Balaban J connectivity index is 1.31. The van der Waals surface area contributed by atoms with E-state index < -0.39 is 0 Å². The molecule has 1 atom stereocenters. The molecule has 25 heavy (non-hydrogen) atoms. The zero-order chi connectivity index (χ0) is 17.1. The summed E-state index contributed by atoms with van der Waals surface area (Å²) in [6.07, 6.45) is 2.43. The van der Waals surface area contributed by atoms with Gasteiger partial charge in [-0.2, -0.15) is 0 Å². The highest BCUT2D eigenvalue weighted by atomic mass is 16.5. The Labute approximate surface area is 151 Å². The van der Waals surface area contributed by atoms with E-state index in [0.717, 1.165) is 52.2 Å². The molecule has 1 fully saturated rings. The van der Waals surface area contributed by atoms with Crippen molar-refractivity contribution >= 4 is 5.69 Å². The van der Waals surface area contributed by atoms with E-state index in [4.69, 9.17) is 4.74 Å². The smallest absolute Gasteiger partial charge is 0.0839 e. The summed E-state index contributed by atoms with van der Waals surface area (Å²) in [5, 5.41) is 0. The summed E-state index contributed by atoms with van der Waals surface area (Å²) < 4.78 is 6.06. The maximum atomic E-state index is 6.06. The number of rotatable bonds is 4. The minimum Gasteiger partial charge on any atom is -0.373 e. The van der Waals surface area contributed by atoms with E-state index in [0.29, 0.717) is 0 Å². The maximum absolute atomic E-state index is 6.06. The highest BCUT2D eigenvalue weighted by molar-refractivity contribution is 5.53. The molecule has 2 aromatic carbocycles. The Bertz CT molecular complexity index is 707. The van der Waals surface area contributed by atoms with Crippen LogP contribution in [0.3, 0.4) is 0 Å². The molecule has 0 radical (unpaired) electrons. The largest absolute Gasteiger partial charge is 0.373 e. The number of aryl methyl sites for hydroxylation is 1. The predicted molar refractivity (Wildman–Crippen MR) is 103 cm³/mol. The van der Waals surface area contributed by atoms with Gasteiger partial charge in [0.05, 0.1) is 12.7 Å². The van der Waals surface area contributed by atoms with Crippen molar-refractivity contribution in [3.63, 3.8) is 0 Å². The van der Waals surface area contributed by atoms with Crippen molar-refractivity contribution in [3.8, 4) is 0 Å². The van der Waals surface area contributed by atoms with Crippen LogP contribution in [0.25, 0.3) is 0 Å². The molecule has 0 N–H and O–H groups in total. The van der Waals surface area contributed by atoms with E-state index in [1.54, 1.807) is 0 Å². The molecular weight excluding hydrogens is 308 g/mol. The summed E-state index contributed by atoms with van der Waals surface area (Å²) >= 11 is 0. The number of piperazine rings is 1.